The van der Waals surface area contributed by atoms with E-state index in [-0.39, 0.29) is 17.3 Å². The number of carbonyl (C=O) groups excluding carboxylic acids is 2. The zero-order chi connectivity index (χ0) is 26.7. The van der Waals surface area contributed by atoms with Gasteiger partial charge in [-0.1, -0.05) is 60.3 Å². The van der Waals surface area contributed by atoms with E-state index in [0.717, 1.165) is 17.3 Å². The molecule has 0 radical (unpaired) electrons. The average Bonchev–Trinajstić information content (AvgIpc) is 2.91. The third-order valence-corrected chi connectivity index (χ3v) is 6.62. The first-order valence-corrected chi connectivity index (χ1v) is 12.5. The largest absolute Gasteiger partial charge is 0.481 e. The van der Waals surface area contributed by atoms with Crippen LogP contribution in [0.3, 0.4) is 0 Å². The average molecular weight is 522 g/mol. The standard InChI is InChI=1S/C27H27N3O6S/c31-23(32)13-14-27(26(35)36,29-22-11-5-2-6-12-22)30-24(33)21(16-19-8-3-1-4-9-19)18-37-25(34)20-10-7-15-28-17-20/h1-12,15,17,21,29H,13-14,16,18H2,(H,30,33)(H,31,32)(H,35,36)/t21?,27-/m0/s1. The lowest BCUT2D eigenvalue weighted by molar-refractivity contribution is -0.148. The Morgan fingerprint density at radius 3 is 2.19 bits per heavy atom. The predicted octanol–water partition coefficient (Wildman–Crippen LogP) is 3.69. The number of aromatic nitrogens is 1. The number of anilines is 1. The molecule has 1 unspecified atom stereocenters. The van der Waals surface area contributed by atoms with Crippen LogP contribution in [0.2, 0.25) is 0 Å². The normalized spacial score (nSPS) is 13.1. The molecule has 0 spiro atoms. The lowest BCUT2D eigenvalue weighted by Crippen LogP contribution is -2.61. The molecule has 192 valence electrons. The monoisotopic (exact) mass is 521 g/mol. The number of thioether (sulfide) groups is 1. The van der Waals surface area contributed by atoms with Gasteiger partial charge in [0.2, 0.25) is 16.7 Å². The van der Waals surface area contributed by atoms with Crippen molar-refractivity contribution >= 4 is 40.4 Å². The summed E-state index contributed by atoms with van der Waals surface area (Å²) in [6.45, 7) is 0. The van der Waals surface area contributed by atoms with Crippen LogP contribution in [-0.4, -0.2) is 49.6 Å². The van der Waals surface area contributed by atoms with E-state index < -0.39 is 42.3 Å². The molecule has 9 nitrogen and oxygen atoms in total. The molecule has 0 aliphatic rings. The second-order valence-corrected chi connectivity index (χ2v) is 9.30. The minimum Gasteiger partial charge on any atom is -0.481 e. The number of aliphatic carboxylic acids is 2. The van der Waals surface area contributed by atoms with Gasteiger partial charge >= 0.3 is 11.9 Å². The fraction of sp³-hybridized carbons (Fsp3) is 0.222. The topological polar surface area (TPSA) is 146 Å². The minimum absolute atomic E-state index is 0.0778. The van der Waals surface area contributed by atoms with E-state index in [2.05, 4.69) is 15.6 Å². The molecule has 0 saturated heterocycles. The van der Waals surface area contributed by atoms with Crippen LogP contribution in [0.5, 0.6) is 0 Å². The van der Waals surface area contributed by atoms with Gasteiger partial charge in [-0.05, 0) is 36.2 Å². The van der Waals surface area contributed by atoms with Crippen molar-refractivity contribution in [2.24, 2.45) is 5.92 Å². The number of hydrogen-bond donors (Lipinski definition) is 4. The first kappa shape index (κ1) is 27.4. The molecule has 2 atom stereocenters. The second kappa shape index (κ2) is 13.2. The zero-order valence-corrected chi connectivity index (χ0v) is 20.7. The Morgan fingerprint density at radius 2 is 1.59 bits per heavy atom. The van der Waals surface area contributed by atoms with Crippen LogP contribution >= 0.6 is 11.8 Å². The van der Waals surface area contributed by atoms with Crippen molar-refractivity contribution < 1.29 is 29.4 Å². The number of amides is 1. The number of nitrogens with one attached hydrogen (secondary N) is 2. The van der Waals surface area contributed by atoms with E-state index in [0.29, 0.717) is 11.3 Å². The molecular weight excluding hydrogens is 494 g/mol. The lowest BCUT2D eigenvalue weighted by atomic mass is 9.97. The first-order valence-electron chi connectivity index (χ1n) is 11.5. The quantitative estimate of drug-likeness (QED) is 0.247. The van der Waals surface area contributed by atoms with E-state index in [1.165, 1.54) is 6.20 Å². The Kier molecular flexibility index (Phi) is 9.79. The van der Waals surface area contributed by atoms with Crippen LogP contribution in [0.4, 0.5) is 5.69 Å². The highest BCUT2D eigenvalue weighted by molar-refractivity contribution is 8.14. The van der Waals surface area contributed by atoms with Crippen LogP contribution in [0.15, 0.2) is 85.2 Å². The molecule has 3 rings (SSSR count). The van der Waals surface area contributed by atoms with Crippen molar-refractivity contribution in [3.05, 3.63) is 96.3 Å². The summed E-state index contributed by atoms with van der Waals surface area (Å²) in [7, 11) is 0. The molecule has 0 saturated carbocycles. The van der Waals surface area contributed by atoms with Crippen LogP contribution in [0.25, 0.3) is 0 Å². The lowest BCUT2D eigenvalue weighted by Gasteiger charge is -2.33. The van der Waals surface area contributed by atoms with Crippen LogP contribution in [0, 0.1) is 5.92 Å². The van der Waals surface area contributed by atoms with E-state index in [1.54, 1.807) is 48.7 Å². The Hall–Kier alpha value is -4.18. The molecule has 37 heavy (non-hydrogen) atoms. The van der Waals surface area contributed by atoms with E-state index in [4.69, 9.17) is 0 Å². The highest BCUT2D eigenvalue weighted by atomic mass is 32.2. The molecule has 10 heteroatoms. The van der Waals surface area contributed by atoms with Gasteiger partial charge in [0, 0.05) is 42.2 Å². The Balaban J connectivity index is 1.86. The van der Waals surface area contributed by atoms with Gasteiger partial charge in [-0.3, -0.25) is 19.4 Å². The number of para-hydroxylation sites is 1. The molecule has 1 amide bonds. The molecule has 1 aromatic heterocycles. The molecule has 2 aromatic carbocycles. The van der Waals surface area contributed by atoms with Crippen LogP contribution in [0.1, 0.15) is 28.8 Å². The van der Waals surface area contributed by atoms with Gasteiger partial charge in [-0.15, -0.1) is 0 Å². The molecule has 0 fully saturated rings. The summed E-state index contributed by atoms with van der Waals surface area (Å²) in [5.41, 5.74) is -0.460. The molecule has 0 aliphatic heterocycles. The van der Waals surface area contributed by atoms with Gasteiger partial charge in [-0.2, -0.15) is 0 Å². The highest BCUT2D eigenvalue weighted by Crippen LogP contribution is 2.23. The fourth-order valence-corrected chi connectivity index (χ4v) is 4.52. The number of carbonyl (C=O) groups is 4. The second-order valence-electron chi connectivity index (χ2n) is 8.31. The van der Waals surface area contributed by atoms with Gasteiger partial charge in [0.05, 0.1) is 5.92 Å². The number of carboxylic acid groups (broad SMARTS) is 2. The third-order valence-electron chi connectivity index (χ3n) is 5.56. The van der Waals surface area contributed by atoms with Crippen molar-refractivity contribution in [1.82, 2.24) is 10.3 Å². The fourth-order valence-electron chi connectivity index (χ4n) is 3.61. The molecule has 4 N–H and O–H groups in total. The SMILES string of the molecule is O=C(O)CC[C@@](NC(=O)C(CSC(=O)c1cccnc1)Cc1ccccc1)(Nc1ccccc1)C(=O)O. The number of rotatable bonds is 13. The Morgan fingerprint density at radius 1 is 0.919 bits per heavy atom. The third kappa shape index (κ3) is 8.18. The number of carboxylic acids is 2. The van der Waals surface area contributed by atoms with Gasteiger partial charge in [0.1, 0.15) is 0 Å². The van der Waals surface area contributed by atoms with Gasteiger partial charge in [0.25, 0.3) is 0 Å². The molecule has 1 heterocycles. The maximum Gasteiger partial charge on any atom is 0.350 e. The number of hydrogen-bond acceptors (Lipinski definition) is 7. The van der Waals surface area contributed by atoms with Gasteiger partial charge in [0.15, 0.2) is 0 Å². The van der Waals surface area contributed by atoms with Crippen molar-refractivity contribution in [2.75, 3.05) is 11.1 Å². The summed E-state index contributed by atoms with van der Waals surface area (Å²) in [6.07, 6.45) is 2.34. The van der Waals surface area contributed by atoms with Gasteiger partial charge in [-0.25, -0.2) is 4.79 Å². The van der Waals surface area contributed by atoms with Crippen molar-refractivity contribution in [3.8, 4) is 0 Å². The molecule has 3 aromatic rings. The molecule has 0 bridgehead atoms. The maximum atomic E-state index is 13.6. The zero-order valence-electron chi connectivity index (χ0n) is 19.9. The Bertz CT molecular complexity index is 1210. The maximum absolute atomic E-state index is 13.6. The number of nitrogens with zero attached hydrogens (tertiary/aromatic N) is 1. The summed E-state index contributed by atoms with van der Waals surface area (Å²) in [6, 6.07) is 20.8. The minimum atomic E-state index is -2.08. The number of pyridine rings is 1. The highest BCUT2D eigenvalue weighted by Gasteiger charge is 2.42. The van der Waals surface area contributed by atoms with Crippen molar-refractivity contribution in [2.45, 2.75) is 24.9 Å². The van der Waals surface area contributed by atoms with Crippen molar-refractivity contribution in [3.63, 3.8) is 0 Å². The summed E-state index contributed by atoms with van der Waals surface area (Å²) >= 11 is 0.940. The first-order chi connectivity index (χ1) is 17.8. The molecular formula is C27H27N3O6S. The smallest absolute Gasteiger partial charge is 0.350 e. The van der Waals surface area contributed by atoms with E-state index in [1.807, 2.05) is 30.3 Å². The van der Waals surface area contributed by atoms with Gasteiger partial charge < -0.3 is 20.8 Å². The Labute approximate surface area is 218 Å². The number of benzene rings is 2. The van der Waals surface area contributed by atoms with E-state index >= 15 is 0 Å². The van der Waals surface area contributed by atoms with Crippen molar-refractivity contribution in [1.29, 1.82) is 0 Å². The summed E-state index contributed by atoms with van der Waals surface area (Å²) in [5, 5.41) is 24.5. The summed E-state index contributed by atoms with van der Waals surface area (Å²) in [5.74, 6) is -3.95. The predicted molar refractivity (Wildman–Crippen MR) is 140 cm³/mol. The van der Waals surface area contributed by atoms with Crippen LogP contribution in [-0.2, 0) is 20.8 Å². The summed E-state index contributed by atoms with van der Waals surface area (Å²) < 4.78 is 0. The van der Waals surface area contributed by atoms with Crippen LogP contribution < -0.4 is 10.6 Å². The van der Waals surface area contributed by atoms with E-state index in [9.17, 15) is 29.4 Å². The summed E-state index contributed by atoms with van der Waals surface area (Å²) in [4.78, 5) is 53.9. The molecule has 0 aliphatic carbocycles.